The molecule has 0 aromatic heterocycles. The van der Waals surface area contributed by atoms with E-state index < -0.39 is 10.0 Å². The average Bonchev–Trinajstić information content (AvgIpc) is 2.12. The van der Waals surface area contributed by atoms with Crippen molar-refractivity contribution in [2.75, 3.05) is 26.0 Å². The van der Waals surface area contributed by atoms with Gasteiger partial charge in [-0.2, -0.15) is 0 Å². The molecule has 0 bridgehead atoms. The summed E-state index contributed by atoms with van der Waals surface area (Å²) in [4.78, 5) is 0. The lowest BCUT2D eigenvalue weighted by Gasteiger charge is -2.14. The Morgan fingerprint density at radius 3 is 2.38 bits per heavy atom. The maximum absolute atomic E-state index is 11.6. The molecule has 0 aromatic carbocycles. The summed E-state index contributed by atoms with van der Waals surface area (Å²) in [6.07, 6.45) is 0.688. The van der Waals surface area contributed by atoms with Gasteiger partial charge < -0.3 is 10.1 Å². The maximum Gasteiger partial charge on any atom is 0.213 e. The summed E-state index contributed by atoms with van der Waals surface area (Å²) in [5.74, 6) is 0.114. The van der Waals surface area contributed by atoms with E-state index in [0.29, 0.717) is 25.6 Å². The first-order valence-electron chi connectivity index (χ1n) is 5.59. The SMILES string of the molecule is COCCC(C)NS(=O)(=O)CCNC(C)C. The van der Waals surface area contributed by atoms with Gasteiger partial charge in [0.05, 0.1) is 5.75 Å². The molecule has 0 aliphatic rings. The molecule has 0 aliphatic heterocycles. The van der Waals surface area contributed by atoms with E-state index in [1.54, 1.807) is 7.11 Å². The van der Waals surface area contributed by atoms with Crippen LogP contribution in [-0.2, 0) is 14.8 Å². The van der Waals surface area contributed by atoms with Gasteiger partial charge in [-0.1, -0.05) is 13.8 Å². The minimum absolute atomic E-state index is 0.0796. The van der Waals surface area contributed by atoms with Crippen LogP contribution in [0, 0.1) is 0 Å². The number of nitrogens with one attached hydrogen (secondary N) is 2. The van der Waals surface area contributed by atoms with Crippen LogP contribution in [0.5, 0.6) is 0 Å². The number of methoxy groups -OCH3 is 1. The molecule has 0 rings (SSSR count). The molecule has 0 amide bonds. The van der Waals surface area contributed by atoms with Crippen LogP contribution >= 0.6 is 0 Å². The molecule has 16 heavy (non-hydrogen) atoms. The zero-order chi connectivity index (χ0) is 12.6. The van der Waals surface area contributed by atoms with Gasteiger partial charge in [-0.05, 0) is 13.3 Å². The van der Waals surface area contributed by atoms with Gasteiger partial charge in [-0.3, -0.25) is 0 Å². The van der Waals surface area contributed by atoms with Crippen LogP contribution in [0.3, 0.4) is 0 Å². The third-order valence-corrected chi connectivity index (χ3v) is 3.56. The average molecular weight is 252 g/mol. The highest BCUT2D eigenvalue weighted by molar-refractivity contribution is 7.89. The molecule has 0 fully saturated rings. The number of ether oxygens (including phenoxy) is 1. The first-order chi connectivity index (χ1) is 7.37. The van der Waals surface area contributed by atoms with Gasteiger partial charge in [0.2, 0.25) is 10.0 Å². The zero-order valence-electron chi connectivity index (χ0n) is 10.6. The zero-order valence-corrected chi connectivity index (χ0v) is 11.4. The van der Waals surface area contributed by atoms with E-state index in [1.165, 1.54) is 0 Å². The normalized spacial score (nSPS) is 14.3. The van der Waals surface area contributed by atoms with Crippen molar-refractivity contribution in [3.05, 3.63) is 0 Å². The Bertz CT molecular complexity index is 265. The minimum Gasteiger partial charge on any atom is -0.385 e. The van der Waals surface area contributed by atoms with Crippen molar-refractivity contribution in [1.82, 2.24) is 10.0 Å². The van der Waals surface area contributed by atoms with Crippen LogP contribution in [0.15, 0.2) is 0 Å². The molecule has 0 saturated carbocycles. The maximum atomic E-state index is 11.6. The summed E-state index contributed by atoms with van der Waals surface area (Å²) in [7, 11) is -1.57. The highest BCUT2D eigenvalue weighted by atomic mass is 32.2. The van der Waals surface area contributed by atoms with Crippen molar-refractivity contribution in [3.8, 4) is 0 Å². The van der Waals surface area contributed by atoms with E-state index in [1.807, 2.05) is 20.8 Å². The lowest BCUT2D eigenvalue weighted by Crippen LogP contribution is -2.38. The number of hydrogen-bond acceptors (Lipinski definition) is 4. The molecule has 0 aromatic rings. The van der Waals surface area contributed by atoms with Gasteiger partial charge in [0.1, 0.15) is 0 Å². The topological polar surface area (TPSA) is 67.4 Å². The summed E-state index contributed by atoms with van der Waals surface area (Å²) in [6, 6.07) is 0.227. The van der Waals surface area contributed by atoms with Crippen LogP contribution in [0.2, 0.25) is 0 Å². The summed E-state index contributed by atoms with van der Waals surface area (Å²) in [6.45, 7) is 6.85. The first kappa shape index (κ1) is 15.8. The monoisotopic (exact) mass is 252 g/mol. The second-order valence-electron chi connectivity index (χ2n) is 4.23. The van der Waals surface area contributed by atoms with E-state index in [4.69, 9.17) is 4.74 Å². The van der Waals surface area contributed by atoms with E-state index in [-0.39, 0.29) is 11.8 Å². The number of sulfonamides is 1. The molecular weight excluding hydrogens is 228 g/mol. The predicted octanol–water partition coefficient (Wildman–Crippen LogP) is 0.329. The van der Waals surface area contributed by atoms with Gasteiger partial charge in [0.15, 0.2) is 0 Å². The van der Waals surface area contributed by atoms with Crippen molar-refractivity contribution in [1.29, 1.82) is 0 Å². The van der Waals surface area contributed by atoms with Crippen molar-refractivity contribution in [3.63, 3.8) is 0 Å². The quantitative estimate of drug-likeness (QED) is 0.620. The Labute approximate surface area is 99.0 Å². The second-order valence-corrected chi connectivity index (χ2v) is 6.10. The molecule has 0 spiro atoms. The molecule has 98 valence electrons. The lowest BCUT2D eigenvalue weighted by atomic mass is 10.3. The van der Waals surface area contributed by atoms with Gasteiger partial charge >= 0.3 is 0 Å². The summed E-state index contributed by atoms with van der Waals surface area (Å²) in [5.41, 5.74) is 0. The molecule has 1 atom stereocenters. The fourth-order valence-electron chi connectivity index (χ4n) is 1.20. The molecule has 0 saturated heterocycles. The van der Waals surface area contributed by atoms with Gasteiger partial charge in [0, 0.05) is 32.3 Å². The van der Waals surface area contributed by atoms with Crippen LogP contribution < -0.4 is 10.0 Å². The molecule has 0 aliphatic carbocycles. The molecule has 6 heteroatoms. The van der Waals surface area contributed by atoms with E-state index in [9.17, 15) is 8.42 Å². The summed E-state index contributed by atoms with van der Waals surface area (Å²) < 4.78 is 30.7. The minimum atomic E-state index is -3.17. The molecular formula is C10H24N2O3S. The molecule has 0 heterocycles. The number of hydrogen-bond donors (Lipinski definition) is 2. The standard InChI is InChI=1S/C10H24N2O3S/c1-9(2)11-6-8-16(13,14)12-10(3)5-7-15-4/h9-12H,5-8H2,1-4H3. The molecule has 5 nitrogen and oxygen atoms in total. The van der Waals surface area contributed by atoms with Crippen LogP contribution in [0.4, 0.5) is 0 Å². The number of rotatable bonds is 9. The fourth-order valence-corrected chi connectivity index (χ4v) is 2.44. The van der Waals surface area contributed by atoms with Gasteiger partial charge in [-0.25, -0.2) is 13.1 Å². The van der Waals surface area contributed by atoms with Crippen LogP contribution in [-0.4, -0.2) is 46.5 Å². The van der Waals surface area contributed by atoms with E-state index >= 15 is 0 Å². The third-order valence-electron chi connectivity index (χ3n) is 2.06. The third kappa shape index (κ3) is 9.08. The largest absolute Gasteiger partial charge is 0.385 e. The Kier molecular flexibility index (Phi) is 7.91. The Morgan fingerprint density at radius 1 is 1.25 bits per heavy atom. The Morgan fingerprint density at radius 2 is 1.88 bits per heavy atom. The van der Waals surface area contributed by atoms with Crippen LogP contribution in [0.1, 0.15) is 27.2 Å². The highest BCUT2D eigenvalue weighted by Gasteiger charge is 2.13. The van der Waals surface area contributed by atoms with Crippen LogP contribution in [0.25, 0.3) is 0 Å². The van der Waals surface area contributed by atoms with Crippen molar-refractivity contribution in [2.45, 2.75) is 39.3 Å². The smallest absolute Gasteiger partial charge is 0.213 e. The van der Waals surface area contributed by atoms with Gasteiger partial charge in [-0.15, -0.1) is 0 Å². The highest BCUT2D eigenvalue weighted by Crippen LogP contribution is 1.95. The van der Waals surface area contributed by atoms with E-state index in [2.05, 4.69) is 10.0 Å². The lowest BCUT2D eigenvalue weighted by molar-refractivity contribution is 0.188. The predicted molar refractivity (Wildman–Crippen MR) is 66.0 cm³/mol. The van der Waals surface area contributed by atoms with Gasteiger partial charge in [0.25, 0.3) is 0 Å². The van der Waals surface area contributed by atoms with E-state index in [0.717, 1.165) is 0 Å². The first-order valence-corrected chi connectivity index (χ1v) is 7.25. The van der Waals surface area contributed by atoms with Crippen molar-refractivity contribution < 1.29 is 13.2 Å². The molecule has 1 unspecified atom stereocenters. The fraction of sp³-hybridized carbons (Fsp3) is 1.00. The molecule has 0 radical (unpaired) electrons. The van der Waals surface area contributed by atoms with Crippen molar-refractivity contribution >= 4 is 10.0 Å². The Hall–Kier alpha value is -0.170. The Balaban J connectivity index is 3.85. The summed E-state index contributed by atoms with van der Waals surface area (Å²) in [5, 5.41) is 3.07. The summed E-state index contributed by atoms with van der Waals surface area (Å²) >= 11 is 0. The molecule has 2 N–H and O–H groups in total. The van der Waals surface area contributed by atoms with Crippen molar-refractivity contribution in [2.24, 2.45) is 0 Å². The second kappa shape index (κ2) is 8.00.